The first-order chi connectivity index (χ1) is 11.1. The number of halogens is 1. The van der Waals surface area contributed by atoms with Crippen LogP contribution >= 0.6 is 11.6 Å². The predicted octanol–water partition coefficient (Wildman–Crippen LogP) is 2.65. The summed E-state index contributed by atoms with van der Waals surface area (Å²) < 4.78 is 0. The van der Waals surface area contributed by atoms with E-state index in [1.807, 2.05) is 38.1 Å². The third-order valence-electron chi connectivity index (χ3n) is 4.09. The highest BCUT2D eigenvalue weighted by Gasteiger charge is 2.23. The summed E-state index contributed by atoms with van der Waals surface area (Å²) in [6.07, 6.45) is 0. The fraction of sp³-hybridized carbons (Fsp3) is 0.611. The van der Waals surface area contributed by atoms with Crippen molar-refractivity contribution in [2.45, 2.75) is 26.7 Å². The van der Waals surface area contributed by atoms with Gasteiger partial charge in [-0.3, -0.25) is 14.6 Å². The zero-order valence-corrected chi connectivity index (χ0v) is 15.2. The van der Waals surface area contributed by atoms with Crippen molar-refractivity contribution in [1.29, 1.82) is 0 Å². The van der Waals surface area contributed by atoms with E-state index in [0.29, 0.717) is 5.02 Å². The molecule has 1 aliphatic heterocycles. The number of β-amino-alcohol motifs (C(OH)–C–C–N with tert-alkyl or cyclic N) is 1. The molecule has 4 nitrogen and oxygen atoms in total. The average Bonchev–Trinajstić information content (AvgIpc) is 2.57. The fourth-order valence-electron chi connectivity index (χ4n) is 2.76. The summed E-state index contributed by atoms with van der Waals surface area (Å²) in [6, 6.07) is 7.56. The number of rotatable bonds is 6. The second kappa shape index (κ2) is 10.8. The molecule has 1 saturated heterocycles. The SMILES string of the molecule is CC.CC(=O)C(CN1CCN(CCO)CC1)c1ccc(Cl)cc1. The smallest absolute Gasteiger partial charge is 0.138 e. The van der Waals surface area contributed by atoms with Gasteiger partial charge >= 0.3 is 0 Å². The molecule has 1 aromatic carbocycles. The van der Waals surface area contributed by atoms with Crippen LogP contribution in [0.4, 0.5) is 0 Å². The average molecular weight is 341 g/mol. The molecule has 0 saturated carbocycles. The molecule has 1 heterocycles. The van der Waals surface area contributed by atoms with E-state index < -0.39 is 0 Å². The van der Waals surface area contributed by atoms with Gasteiger partial charge in [0.1, 0.15) is 5.78 Å². The molecule has 5 heteroatoms. The van der Waals surface area contributed by atoms with Crippen LogP contribution in [0.25, 0.3) is 0 Å². The minimum Gasteiger partial charge on any atom is -0.395 e. The lowest BCUT2D eigenvalue weighted by atomic mass is 9.94. The van der Waals surface area contributed by atoms with Gasteiger partial charge in [-0.05, 0) is 24.6 Å². The fourth-order valence-corrected chi connectivity index (χ4v) is 2.88. The zero-order valence-electron chi connectivity index (χ0n) is 14.5. The Balaban J connectivity index is 0.00000127. The summed E-state index contributed by atoms with van der Waals surface area (Å²) in [4.78, 5) is 16.5. The molecule has 23 heavy (non-hydrogen) atoms. The van der Waals surface area contributed by atoms with Crippen molar-refractivity contribution in [3.63, 3.8) is 0 Å². The molecule has 0 aromatic heterocycles. The van der Waals surface area contributed by atoms with Gasteiger partial charge in [0.25, 0.3) is 0 Å². The molecule has 0 amide bonds. The van der Waals surface area contributed by atoms with Gasteiger partial charge in [-0.25, -0.2) is 0 Å². The monoisotopic (exact) mass is 340 g/mol. The van der Waals surface area contributed by atoms with E-state index in [4.69, 9.17) is 16.7 Å². The van der Waals surface area contributed by atoms with Gasteiger partial charge in [0.2, 0.25) is 0 Å². The number of benzene rings is 1. The summed E-state index contributed by atoms with van der Waals surface area (Å²) in [5.41, 5.74) is 1.03. The maximum atomic E-state index is 12.0. The van der Waals surface area contributed by atoms with Crippen molar-refractivity contribution in [1.82, 2.24) is 9.80 Å². The quantitative estimate of drug-likeness (QED) is 0.864. The molecule has 1 aliphatic rings. The first kappa shape index (κ1) is 20.1. The second-order valence-electron chi connectivity index (χ2n) is 5.58. The summed E-state index contributed by atoms with van der Waals surface area (Å²) in [5, 5.41) is 9.66. The largest absolute Gasteiger partial charge is 0.395 e. The number of nitrogens with zero attached hydrogens (tertiary/aromatic N) is 2. The summed E-state index contributed by atoms with van der Waals surface area (Å²) >= 11 is 5.91. The normalized spacial score (nSPS) is 17.3. The molecule has 1 atom stereocenters. The van der Waals surface area contributed by atoms with Crippen LogP contribution in [0.15, 0.2) is 24.3 Å². The Morgan fingerprint density at radius 1 is 1.13 bits per heavy atom. The van der Waals surface area contributed by atoms with E-state index in [-0.39, 0.29) is 18.3 Å². The molecule has 2 rings (SSSR count). The Bertz CT molecular complexity index is 457. The van der Waals surface area contributed by atoms with Gasteiger partial charge in [0.05, 0.1) is 12.5 Å². The molecule has 130 valence electrons. The first-order valence-corrected chi connectivity index (χ1v) is 8.79. The number of aliphatic hydroxyl groups is 1. The number of hydrogen-bond acceptors (Lipinski definition) is 4. The van der Waals surface area contributed by atoms with E-state index in [1.54, 1.807) is 6.92 Å². The molecular weight excluding hydrogens is 312 g/mol. The zero-order chi connectivity index (χ0) is 17.2. The molecule has 1 fully saturated rings. The summed E-state index contributed by atoms with van der Waals surface area (Å²) in [5.74, 6) is 0.0989. The van der Waals surface area contributed by atoms with Crippen LogP contribution in [0.3, 0.4) is 0 Å². The van der Waals surface area contributed by atoms with Crippen LogP contribution in [0, 0.1) is 0 Å². The van der Waals surface area contributed by atoms with Crippen LogP contribution in [0.5, 0.6) is 0 Å². The molecule has 0 spiro atoms. The minimum atomic E-state index is -0.0911. The maximum Gasteiger partial charge on any atom is 0.138 e. The molecule has 1 unspecified atom stereocenters. The lowest BCUT2D eigenvalue weighted by Gasteiger charge is -2.35. The first-order valence-electron chi connectivity index (χ1n) is 8.41. The van der Waals surface area contributed by atoms with Crippen molar-refractivity contribution in [2.75, 3.05) is 45.9 Å². The van der Waals surface area contributed by atoms with Crippen molar-refractivity contribution in [3.05, 3.63) is 34.9 Å². The third kappa shape index (κ3) is 6.60. The minimum absolute atomic E-state index is 0.0911. The van der Waals surface area contributed by atoms with Crippen molar-refractivity contribution in [3.8, 4) is 0 Å². The van der Waals surface area contributed by atoms with E-state index in [0.717, 1.165) is 44.8 Å². The van der Waals surface area contributed by atoms with E-state index in [9.17, 15) is 4.79 Å². The predicted molar refractivity (Wildman–Crippen MR) is 96.2 cm³/mol. The van der Waals surface area contributed by atoms with Crippen LogP contribution < -0.4 is 0 Å². The van der Waals surface area contributed by atoms with Crippen LogP contribution in [-0.2, 0) is 4.79 Å². The molecule has 0 radical (unpaired) electrons. The molecule has 1 aromatic rings. The van der Waals surface area contributed by atoms with Gasteiger partial charge in [0, 0.05) is 44.3 Å². The number of hydrogen-bond donors (Lipinski definition) is 1. The van der Waals surface area contributed by atoms with E-state index >= 15 is 0 Å². The Hall–Kier alpha value is -0.940. The highest BCUT2D eigenvalue weighted by Crippen LogP contribution is 2.21. The molecule has 0 aliphatic carbocycles. The highest BCUT2D eigenvalue weighted by molar-refractivity contribution is 6.30. The summed E-state index contributed by atoms with van der Waals surface area (Å²) in [6.45, 7) is 11.1. The number of Topliss-reactive ketones (excluding diaryl/α,β-unsaturated/α-hetero) is 1. The number of carbonyl (C=O) groups excluding carboxylic acids is 1. The maximum absolute atomic E-state index is 12.0. The van der Waals surface area contributed by atoms with E-state index in [1.165, 1.54) is 0 Å². The second-order valence-corrected chi connectivity index (χ2v) is 6.02. The molecular formula is C18H29ClN2O2. The van der Waals surface area contributed by atoms with Crippen LogP contribution in [-0.4, -0.2) is 66.6 Å². The van der Waals surface area contributed by atoms with Gasteiger partial charge < -0.3 is 5.11 Å². The lowest BCUT2D eigenvalue weighted by molar-refractivity contribution is -0.119. The Morgan fingerprint density at radius 3 is 2.13 bits per heavy atom. The van der Waals surface area contributed by atoms with E-state index in [2.05, 4.69) is 9.80 Å². The number of ketones is 1. The van der Waals surface area contributed by atoms with Crippen LogP contribution in [0.1, 0.15) is 32.3 Å². The van der Waals surface area contributed by atoms with Gasteiger partial charge in [0.15, 0.2) is 0 Å². The lowest BCUT2D eigenvalue weighted by Crippen LogP contribution is -2.48. The molecule has 1 N–H and O–H groups in total. The van der Waals surface area contributed by atoms with Gasteiger partial charge in [-0.15, -0.1) is 0 Å². The topological polar surface area (TPSA) is 43.8 Å². The summed E-state index contributed by atoms with van der Waals surface area (Å²) in [7, 11) is 0. The number of carbonyl (C=O) groups is 1. The third-order valence-corrected chi connectivity index (χ3v) is 4.34. The van der Waals surface area contributed by atoms with Crippen molar-refractivity contribution in [2.24, 2.45) is 0 Å². The number of aliphatic hydroxyl groups excluding tert-OH is 1. The van der Waals surface area contributed by atoms with Gasteiger partial charge in [-0.1, -0.05) is 37.6 Å². The van der Waals surface area contributed by atoms with Crippen molar-refractivity contribution < 1.29 is 9.90 Å². The highest BCUT2D eigenvalue weighted by atomic mass is 35.5. The Morgan fingerprint density at radius 2 is 1.65 bits per heavy atom. The van der Waals surface area contributed by atoms with Crippen LogP contribution in [0.2, 0.25) is 5.02 Å². The number of piperazine rings is 1. The van der Waals surface area contributed by atoms with Gasteiger partial charge in [-0.2, -0.15) is 0 Å². The van der Waals surface area contributed by atoms with Crippen molar-refractivity contribution >= 4 is 17.4 Å². The standard InChI is InChI=1S/C16H23ClN2O2.C2H6/c1-13(21)16(14-2-4-15(17)5-3-14)12-19-8-6-18(7-9-19)10-11-20;1-2/h2-5,16,20H,6-12H2,1H3;1-2H3. The Labute approximate surface area is 145 Å². The Kier molecular flexibility index (Phi) is 9.41. The molecule has 0 bridgehead atoms.